The molecule has 3 rings (SSSR count). The lowest BCUT2D eigenvalue weighted by Crippen LogP contribution is -2.35. The minimum atomic E-state index is -0.353. The van der Waals surface area contributed by atoms with Gasteiger partial charge >= 0.3 is 5.97 Å². The van der Waals surface area contributed by atoms with E-state index in [2.05, 4.69) is 26.3 Å². The Labute approximate surface area is 174 Å². The number of nitrogens with one attached hydrogen (secondary N) is 2. The number of esters is 1. The summed E-state index contributed by atoms with van der Waals surface area (Å²) in [5, 5.41) is 3.14. The number of benzene rings is 1. The summed E-state index contributed by atoms with van der Waals surface area (Å²) in [6, 6.07) is 7.64. The molecule has 4 N–H and O–H groups in total. The lowest BCUT2D eigenvalue weighted by atomic mass is 10.1. The largest absolute Gasteiger partial charge is 0.465 e. The molecule has 0 spiro atoms. The summed E-state index contributed by atoms with van der Waals surface area (Å²) in [6.45, 7) is 5.13. The first kappa shape index (κ1) is 21.3. The number of rotatable bonds is 9. The Bertz CT molecular complexity index is 1100. The highest BCUT2D eigenvalue weighted by molar-refractivity contribution is 5.75. The molecule has 2 heterocycles. The van der Waals surface area contributed by atoms with Crippen LogP contribution in [0.25, 0.3) is 17.2 Å². The Balaban J connectivity index is 1.66. The van der Waals surface area contributed by atoms with Crippen LogP contribution < -0.4 is 16.6 Å². The third-order valence-corrected chi connectivity index (χ3v) is 4.59. The number of nitrogens with zero attached hydrogens (tertiary/aromatic N) is 3. The molecule has 0 saturated heterocycles. The van der Waals surface area contributed by atoms with Crippen molar-refractivity contribution in [3.8, 4) is 0 Å². The van der Waals surface area contributed by atoms with Gasteiger partial charge in [-0.15, -0.1) is 0 Å². The molecule has 30 heavy (non-hydrogen) atoms. The summed E-state index contributed by atoms with van der Waals surface area (Å²) in [7, 11) is 0. The van der Waals surface area contributed by atoms with E-state index in [1.165, 1.54) is 0 Å². The van der Waals surface area contributed by atoms with E-state index in [0.29, 0.717) is 25.3 Å². The van der Waals surface area contributed by atoms with Crippen LogP contribution in [0.1, 0.15) is 31.4 Å². The molecule has 0 amide bonds. The van der Waals surface area contributed by atoms with Gasteiger partial charge in [0.1, 0.15) is 6.04 Å². The molecule has 0 aliphatic rings. The number of hydrogen-bond acceptors (Lipinski definition) is 7. The number of hydrogen-bond donors (Lipinski definition) is 3. The molecule has 1 atom stereocenters. The Morgan fingerprint density at radius 3 is 3.00 bits per heavy atom. The average molecular weight is 410 g/mol. The number of nitrogen functional groups attached to an aromatic ring is 1. The van der Waals surface area contributed by atoms with E-state index < -0.39 is 0 Å². The average Bonchev–Trinajstić information content (AvgIpc) is 3.11. The minimum absolute atomic E-state index is 0.0620. The number of carbonyl (C=O) groups excluding carboxylic acids is 1. The van der Waals surface area contributed by atoms with Gasteiger partial charge in [0.2, 0.25) is 5.95 Å². The minimum Gasteiger partial charge on any atom is -0.465 e. The third kappa shape index (κ3) is 5.12. The molecule has 9 nitrogen and oxygen atoms in total. The summed E-state index contributed by atoms with van der Waals surface area (Å²) in [4.78, 5) is 34.4. The predicted molar refractivity (Wildman–Crippen MR) is 116 cm³/mol. The number of carbonyl (C=O) groups is 1. The first-order valence-corrected chi connectivity index (χ1v) is 9.84. The molecule has 0 bridgehead atoms. The van der Waals surface area contributed by atoms with Gasteiger partial charge in [0.15, 0.2) is 11.2 Å². The first-order chi connectivity index (χ1) is 14.5. The zero-order valence-corrected chi connectivity index (χ0v) is 17.1. The van der Waals surface area contributed by atoms with Crippen molar-refractivity contribution in [2.45, 2.75) is 32.9 Å². The van der Waals surface area contributed by atoms with Crippen LogP contribution in [0.2, 0.25) is 0 Å². The molecule has 0 aliphatic carbocycles. The fraction of sp³-hybridized carbons (Fsp3) is 0.333. The summed E-state index contributed by atoms with van der Waals surface area (Å²) in [6.07, 6.45) is 6.45. The van der Waals surface area contributed by atoms with Gasteiger partial charge in [-0.2, -0.15) is 4.98 Å². The van der Waals surface area contributed by atoms with Crippen molar-refractivity contribution in [1.29, 1.82) is 0 Å². The highest BCUT2D eigenvalue weighted by Crippen LogP contribution is 2.15. The van der Waals surface area contributed by atoms with E-state index in [0.717, 1.165) is 17.5 Å². The van der Waals surface area contributed by atoms with Crippen molar-refractivity contribution in [1.82, 2.24) is 24.8 Å². The highest BCUT2D eigenvalue weighted by Gasteiger charge is 2.12. The lowest BCUT2D eigenvalue weighted by molar-refractivity contribution is -0.145. The van der Waals surface area contributed by atoms with E-state index in [4.69, 9.17) is 10.5 Å². The van der Waals surface area contributed by atoms with Gasteiger partial charge < -0.3 is 20.4 Å². The van der Waals surface area contributed by atoms with Crippen molar-refractivity contribution in [3.05, 3.63) is 58.1 Å². The maximum atomic E-state index is 12.0. The Kier molecular flexibility index (Phi) is 6.97. The Hall–Kier alpha value is -3.46. The molecular weight excluding hydrogens is 384 g/mol. The van der Waals surface area contributed by atoms with Gasteiger partial charge in [0.05, 0.1) is 19.5 Å². The van der Waals surface area contributed by atoms with E-state index in [1.807, 2.05) is 30.3 Å². The van der Waals surface area contributed by atoms with Gasteiger partial charge in [-0.25, -0.2) is 4.98 Å². The lowest BCUT2D eigenvalue weighted by Gasteiger charge is -2.11. The van der Waals surface area contributed by atoms with E-state index in [9.17, 15) is 9.59 Å². The molecule has 0 fully saturated rings. The SMILES string of the molecule is CCOC(=O)[C@H](C)NCC/C=C/c1ccccc1Cn1cnc2c(=O)[nH]c(N)nc21. The molecule has 2 aromatic heterocycles. The molecule has 0 saturated carbocycles. The molecular formula is C21H26N6O3. The number of aromatic amines is 1. The van der Waals surface area contributed by atoms with Gasteiger partial charge in [-0.3, -0.25) is 14.6 Å². The molecule has 0 aliphatic heterocycles. The molecule has 3 aromatic rings. The second kappa shape index (κ2) is 9.84. The van der Waals surface area contributed by atoms with Gasteiger partial charge in [0, 0.05) is 0 Å². The van der Waals surface area contributed by atoms with Crippen LogP contribution in [-0.4, -0.2) is 44.7 Å². The van der Waals surface area contributed by atoms with Crippen molar-refractivity contribution < 1.29 is 9.53 Å². The number of imidazole rings is 1. The standard InChI is InChI=1S/C21H26N6O3/c1-3-30-20(29)14(2)23-11-7-6-9-15-8-4-5-10-16(15)12-27-13-24-17-18(27)25-21(22)26-19(17)28/h4-6,8-10,13-14,23H,3,7,11-12H2,1-2H3,(H3,22,25,26,28)/b9-6+/t14-/m0/s1. The molecule has 9 heteroatoms. The Morgan fingerprint density at radius 1 is 1.40 bits per heavy atom. The monoisotopic (exact) mass is 410 g/mol. The van der Waals surface area contributed by atoms with Crippen LogP contribution in [0.4, 0.5) is 5.95 Å². The number of H-pyrrole nitrogens is 1. The number of ether oxygens (including phenoxy) is 1. The third-order valence-electron chi connectivity index (χ3n) is 4.59. The second-order valence-corrected chi connectivity index (χ2v) is 6.81. The highest BCUT2D eigenvalue weighted by atomic mass is 16.5. The summed E-state index contributed by atoms with van der Waals surface area (Å²) in [5.74, 6) is -0.181. The zero-order valence-electron chi connectivity index (χ0n) is 17.1. The first-order valence-electron chi connectivity index (χ1n) is 9.84. The van der Waals surface area contributed by atoms with Crippen LogP contribution in [0.5, 0.6) is 0 Å². The van der Waals surface area contributed by atoms with Crippen molar-refractivity contribution in [2.24, 2.45) is 0 Å². The molecule has 158 valence electrons. The molecule has 1 aromatic carbocycles. The summed E-state index contributed by atoms with van der Waals surface area (Å²) < 4.78 is 6.78. The Morgan fingerprint density at radius 2 is 2.20 bits per heavy atom. The maximum absolute atomic E-state index is 12.0. The van der Waals surface area contributed by atoms with Crippen LogP contribution in [0.15, 0.2) is 41.5 Å². The summed E-state index contributed by atoms with van der Waals surface area (Å²) in [5.41, 5.74) is 8.14. The quantitative estimate of drug-likeness (QED) is 0.362. The number of nitrogens with two attached hydrogens (primary N) is 1. The normalized spacial score (nSPS) is 12.5. The topological polar surface area (TPSA) is 128 Å². The maximum Gasteiger partial charge on any atom is 0.322 e. The fourth-order valence-corrected chi connectivity index (χ4v) is 3.05. The van der Waals surface area contributed by atoms with Crippen LogP contribution in [-0.2, 0) is 16.1 Å². The van der Waals surface area contributed by atoms with Gasteiger partial charge in [0.25, 0.3) is 5.56 Å². The van der Waals surface area contributed by atoms with Gasteiger partial charge in [-0.1, -0.05) is 36.4 Å². The van der Waals surface area contributed by atoms with Crippen LogP contribution >= 0.6 is 0 Å². The number of fused-ring (bicyclic) bond motifs is 1. The molecule has 0 unspecified atom stereocenters. The predicted octanol–water partition coefficient (Wildman–Crippen LogP) is 1.69. The van der Waals surface area contributed by atoms with Crippen molar-refractivity contribution in [2.75, 3.05) is 18.9 Å². The fourth-order valence-electron chi connectivity index (χ4n) is 3.05. The van der Waals surface area contributed by atoms with Crippen molar-refractivity contribution >= 4 is 29.2 Å². The number of anilines is 1. The zero-order chi connectivity index (χ0) is 21.5. The van der Waals surface area contributed by atoms with Crippen LogP contribution in [0, 0.1) is 0 Å². The molecule has 0 radical (unpaired) electrons. The smallest absolute Gasteiger partial charge is 0.322 e. The summed E-state index contributed by atoms with van der Waals surface area (Å²) >= 11 is 0. The van der Waals surface area contributed by atoms with E-state index >= 15 is 0 Å². The second-order valence-electron chi connectivity index (χ2n) is 6.81. The van der Waals surface area contributed by atoms with Crippen molar-refractivity contribution in [3.63, 3.8) is 0 Å². The van der Waals surface area contributed by atoms with E-state index in [1.54, 1.807) is 24.7 Å². The van der Waals surface area contributed by atoms with Crippen LogP contribution in [0.3, 0.4) is 0 Å². The van der Waals surface area contributed by atoms with Gasteiger partial charge in [-0.05, 0) is 37.9 Å². The number of aromatic nitrogens is 4. The van der Waals surface area contributed by atoms with E-state index in [-0.39, 0.29) is 29.0 Å².